The van der Waals surface area contributed by atoms with Crippen molar-refractivity contribution in [1.29, 1.82) is 0 Å². The van der Waals surface area contributed by atoms with Crippen LogP contribution in [-0.4, -0.2) is 27.3 Å². The summed E-state index contributed by atoms with van der Waals surface area (Å²) < 4.78 is 2.08. The number of benzene rings is 1. The number of ketones is 1. The monoisotopic (exact) mass is 328 g/mol. The zero-order chi connectivity index (χ0) is 16.9. The van der Waals surface area contributed by atoms with Gasteiger partial charge >= 0.3 is 0 Å². The molecule has 0 spiro atoms. The van der Waals surface area contributed by atoms with Gasteiger partial charge in [0.2, 0.25) is 0 Å². The van der Waals surface area contributed by atoms with Crippen LogP contribution in [0.5, 0.6) is 0 Å². The summed E-state index contributed by atoms with van der Waals surface area (Å²) >= 11 is 0. The Kier molecular flexibility index (Phi) is 5.67. The second-order valence-corrected chi connectivity index (χ2v) is 7.13. The first kappa shape index (κ1) is 17.2. The van der Waals surface area contributed by atoms with Crippen molar-refractivity contribution in [2.24, 2.45) is 5.92 Å². The van der Waals surface area contributed by atoms with Crippen LogP contribution in [0.25, 0.3) is 10.9 Å². The number of aliphatic hydroxyl groups excluding tert-OH is 1. The smallest absolute Gasteiger partial charge is 0.163 e. The van der Waals surface area contributed by atoms with E-state index in [0.717, 1.165) is 40.9 Å². The predicted octanol–water partition coefficient (Wildman–Crippen LogP) is 4.27. The van der Waals surface area contributed by atoms with Gasteiger partial charge in [-0.1, -0.05) is 19.3 Å². The summed E-state index contributed by atoms with van der Waals surface area (Å²) in [5, 5.41) is 14.7. The first-order valence-corrected chi connectivity index (χ1v) is 9.30. The van der Waals surface area contributed by atoms with Crippen LogP contribution < -0.4 is 0 Å². The van der Waals surface area contributed by atoms with E-state index in [2.05, 4.69) is 10.9 Å². The Bertz CT molecular complexity index is 699. The number of carbonyl (C=O) groups is 1. The van der Waals surface area contributed by atoms with Gasteiger partial charge in [0.05, 0.1) is 5.52 Å². The molecule has 0 radical (unpaired) electrons. The van der Waals surface area contributed by atoms with Crippen LogP contribution in [0.2, 0.25) is 0 Å². The lowest BCUT2D eigenvalue weighted by Crippen LogP contribution is -2.14. The summed E-state index contributed by atoms with van der Waals surface area (Å²) in [6.07, 6.45) is 10.7. The number of aliphatic hydroxyl groups is 1. The standard InChI is InChI=1S/C20H28N2O2/c1-15-17(20(24)9-5-6-12-23)10-11-19-18(15)14-22(21-19)13-16-7-3-2-4-8-16/h10-11,14,16,23H,2-9,12-13H2,1H3. The largest absolute Gasteiger partial charge is 0.396 e. The highest BCUT2D eigenvalue weighted by molar-refractivity contribution is 6.01. The lowest BCUT2D eigenvalue weighted by molar-refractivity contribution is 0.0977. The fourth-order valence-electron chi connectivity index (χ4n) is 3.84. The van der Waals surface area contributed by atoms with Crippen molar-refractivity contribution in [3.8, 4) is 0 Å². The maximum absolute atomic E-state index is 12.4. The number of aryl methyl sites for hydroxylation is 1. The third-order valence-corrected chi connectivity index (χ3v) is 5.29. The Labute approximate surface area is 143 Å². The zero-order valence-corrected chi connectivity index (χ0v) is 14.6. The first-order chi connectivity index (χ1) is 11.7. The van der Waals surface area contributed by atoms with Crippen LogP contribution in [0.15, 0.2) is 18.3 Å². The molecule has 0 amide bonds. The van der Waals surface area contributed by atoms with Gasteiger partial charge in [-0.25, -0.2) is 0 Å². The Morgan fingerprint density at radius 1 is 1.25 bits per heavy atom. The summed E-state index contributed by atoms with van der Waals surface area (Å²) in [6, 6.07) is 3.88. The number of hydrogen-bond acceptors (Lipinski definition) is 3. The lowest BCUT2D eigenvalue weighted by Gasteiger charge is -2.21. The Morgan fingerprint density at radius 3 is 2.79 bits per heavy atom. The maximum atomic E-state index is 12.4. The number of unbranched alkanes of at least 4 members (excludes halogenated alkanes) is 1. The van der Waals surface area contributed by atoms with Gasteiger partial charge in [0.1, 0.15) is 0 Å². The molecule has 1 fully saturated rings. The number of nitrogens with zero attached hydrogens (tertiary/aromatic N) is 2. The zero-order valence-electron chi connectivity index (χ0n) is 14.6. The fourth-order valence-corrected chi connectivity index (χ4v) is 3.84. The third kappa shape index (κ3) is 3.86. The van der Waals surface area contributed by atoms with E-state index in [0.29, 0.717) is 12.8 Å². The second-order valence-electron chi connectivity index (χ2n) is 7.13. The molecule has 3 rings (SSSR count). The summed E-state index contributed by atoms with van der Waals surface area (Å²) in [7, 11) is 0. The van der Waals surface area contributed by atoms with Gasteiger partial charge in [0, 0.05) is 36.7 Å². The van der Waals surface area contributed by atoms with Crippen LogP contribution in [0.1, 0.15) is 67.3 Å². The minimum Gasteiger partial charge on any atom is -0.396 e. The Balaban J connectivity index is 1.76. The van der Waals surface area contributed by atoms with Crippen LogP contribution in [0, 0.1) is 12.8 Å². The molecule has 1 heterocycles. The van der Waals surface area contributed by atoms with E-state index in [4.69, 9.17) is 10.2 Å². The highest BCUT2D eigenvalue weighted by atomic mass is 16.2. The highest BCUT2D eigenvalue weighted by Gasteiger charge is 2.17. The van der Waals surface area contributed by atoms with Crippen molar-refractivity contribution in [1.82, 2.24) is 9.78 Å². The highest BCUT2D eigenvalue weighted by Crippen LogP contribution is 2.27. The SMILES string of the molecule is Cc1c(C(=O)CCCCO)ccc2nn(CC3CCCCC3)cc12. The van der Waals surface area contributed by atoms with E-state index in [-0.39, 0.29) is 12.4 Å². The quantitative estimate of drug-likeness (QED) is 0.610. The van der Waals surface area contributed by atoms with Crippen molar-refractivity contribution < 1.29 is 9.90 Å². The van der Waals surface area contributed by atoms with Gasteiger partial charge in [-0.05, 0) is 56.2 Å². The van der Waals surface area contributed by atoms with Crippen molar-refractivity contribution in [3.63, 3.8) is 0 Å². The summed E-state index contributed by atoms with van der Waals surface area (Å²) in [5.41, 5.74) is 2.82. The molecule has 0 aliphatic heterocycles. The molecule has 1 saturated carbocycles. The molecule has 24 heavy (non-hydrogen) atoms. The molecule has 4 nitrogen and oxygen atoms in total. The topological polar surface area (TPSA) is 55.1 Å². The van der Waals surface area contributed by atoms with Gasteiger partial charge in [-0.3, -0.25) is 9.48 Å². The third-order valence-electron chi connectivity index (χ3n) is 5.29. The minimum absolute atomic E-state index is 0.152. The normalized spacial score (nSPS) is 15.9. The molecule has 0 bridgehead atoms. The van der Waals surface area contributed by atoms with Crippen LogP contribution in [0.3, 0.4) is 0 Å². The first-order valence-electron chi connectivity index (χ1n) is 9.30. The fraction of sp³-hybridized carbons (Fsp3) is 0.600. The average molecular weight is 328 g/mol. The van der Waals surface area contributed by atoms with Gasteiger partial charge < -0.3 is 5.11 Å². The van der Waals surface area contributed by atoms with Crippen molar-refractivity contribution in [2.75, 3.05) is 6.61 Å². The predicted molar refractivity (Wildman–Crippen MR) is 96.3 cm³/mol. The molecule has 1 aliphatic carbocycles. The molecular weight excluding hydrogens is 300 g/mol. The van der Waals surface area contributed by atoms with E-state index < -0.39 is 0 Å². The molecule has 1 aromatic heterocycles. The molecule has 4 heteroatoms. The number of aromatic nitrogens is 2. The number of hydrogen-bond donors (Lipinski definition) is 1. The Hall–Kier alpha value is -1.68. The maximum Gasteiger partial charge on any atom is 0.163 e. The minimum atomic E-state index is 0.152. The molecule has 2 aromatic rings. The molecule has 0 atom stereocenters. The van der Waals surface area contributed by atoms with Gasteiger partial charge in [-0.2, -0.15) is 5.10 Å². The number of carbonyl (C=O) groups excluding carboxylic acids is 1. The molecule has 0 saturated heterocycles. The number of rotatable bonds is 7. The molecule has 1 aromatic carbocycles. The molecule has 0 unspecified atom stereocenters. The Morgan fingerprint density at radius 2 is 2.04 bits per heavy atom. The number of fused-ring (bicyclic) bond motifs is 1. The van der Waals surface area contributed by atoms with Gasteiger partial charge in [0.25, 0.3) is 0 Å². The molecule has 1 N–H and O–H groups in total. The number of Topliss-reactive ketones (excluding diaryl/α,β-unsaturated/α-hetero) is 1. The molecular formula is C20H28N2O2. The second kappa shape index (κ2) is 7.93. The lowest BCUT2D eigenvalue weighted by atomic mass is 9.89. The summed E-state index contributed by atoms with van der Waals surface area (Å²) in [5.74, 6) is 0.913. The van der Waals surface area contributed by atoms with E-state index in [9.17, 15) is 4.79 Å². The van der Waals surface area contributed by atoms with Crippen molar-refractivity contribution in [3.05, 3.63) is 29.5 Å². The van der Waals surface area contributed by atoms with Gasteiger partial charge in [0.15, 0.2) is 5.78 Å². The van der Waals surface area contributed by atoms with Crippen LogP contribution >= 0.6 is 0 Å². The van der Waals surface area contributed by atoms with Crippen LogP contribution in [-0.2, 0) is 6.54 Å². The van der Waals surface area contributed by atoms with Crippen molar-refractivity contribution in [2.45, 2.75) is 64.8 Å². The van der Waals surface area contributed by atoms with E-state index in [1.807, 2.05) is 19.1 Å². The average Bonchev–Trinajstić information content (AvgIpc) is 3.00. The summed E-state index contributed by atoms with van der Waals surface area (Å²) in [6.45, 7) is 3.17. The molecule has 130 valence electrons. The van der Waals surface area contributed by atoms with E-state index in [1.165, 1.54) is 32.1 Å². The summed E-state index contributed by atoms with van der Waals surface area (Å²) in [4.78, 5) is 12.4. The van der Waals surface area contributed by atoms with Crippen LogP contribution in [0.4, 0.5) is 0 Å². The molecule has 1 aliphatic rings. The van der Waals surface area contributed by atoms with Crippen molar-refractivity contribution >= 4 is 16.7 Å². The van der Waals surface area contributed by atoms with E-state index >= 15 is 0 Å². The van der Waals surface area contributed by atoms with E-state index in [1.54, 1.807) is 0 Å². The van der Waals surface area contributed by atoms with Gasteiger partial charge in [-0.15, -0.1) is 0 Å².